The summed E-state index contributed by atoms with van der Waals surface area (Å²) in [7, 11) is 0. The van der Waals surface area contributed by atoms with Crippen LogP contribution in [0.15, 0.2) is 0 Å². The first-order chi connectivity index (χ1) is 9.46. The van der Waals surface area contributed by atoms with E-state index in [0.29, 0.717) is 12.3 Å². The Hall–Kier alpha value is -1.26. The highest BCUT2D eigenvalue weighted by molar-refractivity contribution is 5.70. The van der Waals surface area contributed by atoms with Gasteiger partial charge in [0.2, 0.25) is 0 Å². The van der Waals surface area contributed by atoms with E-state index >= 15 is 0 Å². The predicted octanol–water partition coefficient (Wildman–Crippen LogP) is 3.37. The fraction of sp³-hybridized carbons (Fsp3) is 0.875. The molecular weight excluding hydrogens is 270 g/mol. The van der Waals surface area contributed by atoms with Gasteiger partial charge in [-0.05, 0) is 60.3 Å². The molecule has 5 heteroatoms. The molecule has 0 aromatic carbocycles. The molecule has 0 N–H and O–H groups in total. The number of hydrogen-bond donors (Lipinski definition) is 0. The Balaban J connectivity index is 2.13. The Bertz CT molecular complexity index is 373. The van der Waals surface area contributed by atoms with Crippen LogP contribution in [0, 0.1) is 5.92 Å². The summed E-state index contributed by atoms with van der Waals surface area (Å²) >= 11 is 0. The first-order valence-electron chi connectivity index (χ1n) is 7.66. The predicted molar refractivity (Wildman–Crippen MR) is 81.0 cm³/mol. The quantitative estimate of drug-likeness (QED) is 0.747. The van der Waals surface area contributed by atoms with Gasteiger partial charge in [-0.3, -0.25) is 4.79 Å². The lowest BCUT2D eigenvalue weighted by Gasteiger charge is -2.39. The molecule has 0 spiro atoms. The third kappa shape index (κ3) is 7.34. The van der Waals surface area contributed by atoms with Crippen molar-refractivity contribution in [3.8, 4) is 0 Å². The average molecular weight is 299 g/mol. The van der Waals surface area contributed by atoms with Crippen LogP contribution in [0.2, 0.25) is 0 Å². The van der Waals surface area contributed by atoms with Crippen LogP contribution in [0.3, 0.4) is 0 Å². The summed E-state index contributed by atoms with van der Waals surface area (Å²) < 4.78 is 10.6. The number of carbonyl (C=O) groups is 2. The van der Waals surface area contributed by atoms with Crippen LogP contribution in [0.25, 0.3) is 0 Å². The van der Waals surface area contributed by atoms with E-state index in [1.54, 1.807) is 4.90 Å². The van der Waals surface area contributed by atoms with E-state index in [1.165, 1.54) is 0 Å². The molecule has 1 rings (SSSR count). The summed E-state index contributed by atoms with van der Waals surface area (Å²) in [6, 6.07) is 0. The maximum absolute atomic E-state index is 11.8. The number of hydrogen-bond acceptors (Lipinski definition) is 4. The summed E-state index contributed by atoms with van der Waals surface area (Å²) in [5, 5.41) is 0. The monoisotopic (exact) mass is 299 g/mol. The highest BCUT2D eigenvalue weighted by Gasteiger charge is 2.33. The number of amides is 1. The number of likely N-dealkylation sites (tertiary alicyclic amines) is 1. The van der Waals surface area contributed by atoms with Crippen LogP contribution in [0.1, 0.15) is 60.8 Å². The summed E-state index contributed by atoms with van der Waals surface area (Å²) in [5.74, 6) is 0.325. The van der Waals surface area contributed by atoms with Gasteiger partial charge in [-0.25, -0.2) is 4.79 Å². The largest absolute Gasteiger partial charge is 0.460 e. The van der Waals surface area contributed by atoms with Crippen molar-refractivity contribution in [1.29, 1.82) is 0 Å². The molecule has 1 amide bonds. The van der Waals surface area contributed by atoms with Crippen molar-refractivity contribution >= 4 is 12.1 Å². The molecule has 122 valence electrons. The van der Waals surface area contributed by atoms with Crippen LogP contribution in [0.5, 0.6) is 0 Å². The topological polar surface area (TPSA) is 55.8 Å². The van der Waals surface area contributed by atoms with Crippen LogP contribution in [-0.4, -0.2) is 41.3 Å². The van der Waals surface area contributed by atoms with Gasteiger partial charge in [0.25, 0.3) is 0 Å². The second kappa shape index (κ2) is 6.67. The van der Waals surface area contributed by atoms with Gasteiger partial charge in [-0.15, -0.1) is 0 Å². The summed E-state index contributed by atoms with van der Waals surface area (Å²) in [6.07, 6.45) is 1.95. The fourth-order valence-electron chi connectivity index (χ4n) is 2.16. The first kappa shape index (κ1) is 17.8. The molecule has 1 aliphatic heterocycles. The van der Waals surface area contributed by atoms with Crippen molar-refractivity contribution in [2.24, 2.45) is 5.92 Å². The molecule has 1 saturated heterocycles. The Morgan fingerprint density at radius 3 is 2.00 bits per heavy atom. The molecule has 0 atom stereocenters. The lowest BCUT2D eigenvalue weighted by molar-refractivity contribution is -0.155. The summed E-state index contributed by atoms with van der Waals surface area (Å²) in [4.78, 5) is 25.0. The van der Waals surface area contributed by atoms with Gasteiger partial charge < -0.3 is 14.4 Å². The van der Waals surface area contributed by atoms with Gasteiger partial charge in [0, 0.05) is 19.5 Å². The normalized spacial score (nSPS) is 16.4. The number of rotatable bonds is 4. The molecule has 0 radical (unpaired) electrons. The highest BCUT2D eigenvalue weighted by atomic mass is 16.6. The van der Waals surface area contributed by atoms with Crippen LogP contribution < -0.4 is 0 Å². The SMILES string of the molecule is CC(C)(C)OC(=O)CCCC1CN(C(=O)OC(C)(C)C)C1. The lowest BCUT2D eigenvalue weighted by atomic mass is 9.94. The standard InChI is InChI=1S/C16H29NO4/c1-15(2,3)20-13(18)9-7-8-12-10-17(11-12)14(19)21-16(4,5)6/h12H,7-11H2,1-6H3. The van der Waals surface area contributed by atoms with E-state index in [9.17, 15) is 9.59 Å². The second-order valence-corrected chi connectivity index (χ2v) is 7.73. The van der Waals surface area contributed by atoms with E-state index < -0.39 is 11.2 Å². The van der Waals surface area contributed by atoms with Crippen molar-refractivity contribution in [1.82, 2.24) is 4.90 Å². The molecule has 0 saturated carbocycles. The lowest BCUT2D eigenvalue weighted by Crippen LogP contribution is -2.51. The van der Waals surface area contributed by atoms with Crippen LogP contribution in [0.4, 0.5) is 4.79 Å². The van der Waals surface area contributed by atoms with E-state index in [0.717, 1.165) is 25.9 Å². The Morgan fingerprint density at radius 1 is 1.00 bits per heavy atom. The minimum atomic E-state index is -0.446. The molecule has 0 unspecified atom stereocenters. The second-order valence-electron chi connectivity index (χ2n) is 7.73. The van der Waals surface area contributed by atoms with Gasteiger partial charge >= 0.3 is 12.1 Å². The molecule has 0 aromatic heterocycles. The zero-order chi connectivity index (χ0) is 16.3. The number of carbonyl (C=O) groups excluding carboxylic acids is 2. The van der Waals surface area contributed by atoms with Crippen molar-refractivity contribution in [2.75, 3.05) is 13.1 Å². The molecule has 1 aliphatic rings. The van der Waals surface area contributed by atoms with Gasteiger partial charge in [-0.1, -0.05) is 0 Å². The maximum Gasteiger partial charge on any atom is 0.410 e. The van der Waals surface area contributed by atoms with Crippen LogP contribution in [-0.2, 0) is 14.3 Å². The smallest absolute Gasteiger partial charge is 0.410 e. The maximum atomic E-state index is 11.8. The summed E-state index contributed by atoms with van der Waals surface area (Å²) in [6.45, 7) is 12.7. The number of ether oxygens (including phenoxy) is 2. The van der Waals surface area contributed by atoms with Crippen LogP contribution >= 0.6 is 0 Å². The third-order valence-corrected chi connectivity index (χ3v) is 3.02. The van der Waals surface area contributed by atoms with Crippen molar-refractivity contribution < 1.29 is 19.1 Å². The Kier molecular flexibility index (Phi) is 5.65. The summed E-state index contributed by atoms with van der Waals surface area (Å²) in [5.41, 5.74) is -0.861. The van der Waals surface area contributed by atoms with E-state index in [1.807, 2.05) is 41.5 Å². The molecule has 0 bridgehead atoms. The molecule has 1 heterocycles. The molecule has 21 heavy (non-hydrogen) atoms. The van der Waals surface area contributed by atoms with Gasteiger partial charge in [0.05, 0.1) is 0 Å². The Labute approximate surface area is 128 Å². The van der Waals surface area contributed by atoms with Gasteiger partial charge in [-0.2, -0.15) is 0 Å². The zero-order valence-corrected chi connectivity index (χ0v) is 14.2. The van der Waals surface area contributed by atoms with E-state index in [4.69, 9.17) is 9.47 Å². The molecule has 1 fully saturated rings. The van der Waals surface area contributed by atoms with Gasteiger partial charge in [0.15, 0.2) is 0 Å². The molecule has 0 aromatic rings. The van der Waals surface area contributed by atoms with Crippen molar-refractivity contribution in [3.05, 3.63) is 0 Å². The molecule has 0 aliphatic carbocycles. The average Bonchev–Trinajstić information content (AvgIpc) is 2.15. The highest BCUT2D eigenvalue weighted by Crippen LogP contribution is 2.24. The first-order valence-corrected chi connectivity index (χ1v) is 7.66. The minimum Gasteiger partial charge on any atom is -0.460 e. The molecular formula is C16H29NO4. The number of esters is 1. The zero-order valence-electron chi connectivity index (χ0n) is 14.2. The number of nitrogens with zero attached hydrogens (tertiary/aromatic N) is 1. The molecule has 5 nitrogen and oxygen atoms in total. The van der Waals surface area contributed by atoms with Crippen molar-refractivity contribution in [3.63, 3.8) is 0 Å². The Morgan fingerprint density at radius 2 is 1.52 bits per heavy atom. The minimum absolute atomic E-state index is 0.147. The third-order valence-electron chi connectivity index (χ3n) is 3.02. The fourth-order valence-corrected chi connectivity index (χ4v) is 2.16. The van der Waals surface area contributed by atoms with Crippen molar-refractivity contribution in [2.45, 2.75) is 72.0 Å². The van der Waals surface area contributed by atoms with Gasteiger partial charge in [0.1, 0.15) is 11.2 Å². The van der Waals surface area contributed by atoms with E-state index in [2.05, 4.69) is 0 Å². The van der Waals surface area contributed by atoms with E-state index in [-0.39, 0.29) is 12.1 Å².